The molecule has 0 aliphatic carbocycles. The minimum atomic E-state index is -0.961. The van der Waals surface area contributed by atoms with Gasteiger partial charge in [-0.1, -0.05) is 0 Å². The van der Waals surface area contributed by atoms with Gasteiger partial charge in [-0.15, -0.1) is 0 Å². The van der Waals surface area contributed by atoms with Crippen molar-refractivity contribution in [3.63, 3.8) is 0 Å². The third-order valence-electron chi connectivity index (χ3n) is 4.26. The molecule has 5 heteroatoms. The Morgan fingerprint density at radius 2 is 1.87 bits per heavy atom. The Morgan fingerprint density at radius 3 is 2.74 bits per heavy atom. The van der Waals surface area contributed by atoms with Crippen molar-refractivity contribution in [3.05, 3.63) is 54.4 Å². The van der Waals surface area contributed by atoms with Crippen LogP contribution < -0.4 is 0 Å². The number of hydrogen-bond acceptors (Lipinski definition) is 3. The topological polar surface area (TPSA) is 79.1 Å². The zero-order chi connectivity index (χ0) is 15.6. The summed E-state index contributed by atoms with van der Waals surface area (Å²) >= 11 is 0. The summed E-state index contributed by atoms with van der Waals surface area (Å²) < 4.78 is 6.00. The maximum Gasteiger partial charge on any atom is 0.337 e. The number of carboxylic acid groups (broad SMARTS) is 1. The second-order valence-electron chi connectivity index (χ2n) is 5.51. The van der Waals surface area contributed by atoms with Crippen LogP contribution in [0.25, 0.3) is 43.7 Å². The zero-order valence-corrected chi connectivity index (χ0v) is 11.8. The molecular weight excluding hydrogens is 292 g/mol. The fourth-order valence-corrected chi connectivity index (χ4v) is 3.22. The van der Waals surface area contributed by atoms with E-state index in [1.54, 1.807) is 6.20 Å². The second-order valence-corrected chi connectivity index (χ2v) is 5.51. The van der Waals surface area contributed by atoms with Gasteiger partial charge in [0, 0.05) is 39.5 Å². The third-order valence-corrected chi connectivity index (χ3v) is 4.26. The van der Waals surface area contributed by atoms with Crippen molar-refractivity contribution >= 4 is 49.7 Å². The van der Waals surface area contributed by atoms with Crippen LogP contribution >= 0.6 is 0 Å². The van der Waals surface area contributed by atoms with Crippen molar-refractivity contribution in [2.45, 2.75) is 0 Å². The molecule has 5 aromatic rings. The number of aromatic carboxylic acids is 1. The first-order valence-electron chi connectivity index (χ1n) is 7.17. The SMILES string of the molecule is O=C(O)c1c[nH]c2ccc3oc4ccc5nccc5c4cc3c12. The maximum absolute atomic E-state index is 11.5. The smallest absolute Gasteiger partial charge is 0.337 e. The van der Waals surface area contributed by atoms with Crippen LogP contribution in [0.15, 0.2) is 53.2 Å². The Morgan fingerprint density at radius 1 is 1.04 bits per heavy atom. The molecule has 2 aromatic carbocycles. The summed E-state index contributed by atoms with van der Waals surface area (Å²) in [5.74, 6) is -0.961. The third kappa shape index (κ3) is 1.56. The van der Waals surface area contributed by atoms with E-state index in [-0.39, 0.29) is 5.56 Å². The molecule has 3 aromatic heterocycles. The number of aromatic nitrogens is 2. The van der Waals surface area contributed by atoms with Crippen LogP contribution in [0.2, 0.25) is 0 Å². The lowest BCUT2D eigenvalue weighted by Gasteiger charge is -2.05. The highest BCUT2D eigenvalue weighted by atomic mass is 16.4. The Balaban J connectivity index is 2.05. The number of rotatable bonds is 1. The number of carbonyl (C=O) groups is 1. The lowest BCUT2D eigenvalue weighted by atomic mass is 10.0. The maximum atomic E-state index is 11.5. The van der Waals surface area contributed by atoms with Gasteiger partial charge in [0.2, 0.25) is 0 Å². The Bertz CT molecular complexity index is 1250. The van der Waals surface area contributed by atoms with Crippen LogP contribution in [0, 0.1) is 0 Å². The van der Waals surface area contributed by atoms with Gasteiger partial charge in [-0.3, -0.25) is 4.98 Å². The Labute approximate surface area is 129 Å². The molecule has 2 N–H and O–H groups in total. The lowest BCUT2D eigenvalue weighted by Crippen LogP contribution is -1.94. The molecule has 0 bridgehead atoms. The average Bonchev–Trinajstić information content (AvgIpc) is 3.19. The molecule has 0 aliphatic rings. The molecule has 0 unspecified atom stereocenters. The second kappa shape index (κ2) is 4.10. The van der Waals surface area contributed by atoms with Crippen LogP contribution in [-0.4, -0.2) is 21.0 Å². The minimum Gasteiger partial charge on any atom is -0.478 e. The molecule has 23 heavy (non-hydrogen) atoms. The predicted molar refractivity (Wildman–Crippen MR) is 87.8 cm³/mol. The number of carboxylic acids is 1. The number of aromatic amines is 1. The van der Waals surface area contributed by atoms with Crippen LogP contribution in [-0.2, 0) is 0 Å². The molecule has 0 radical (unpaired) electrons. The highest BCUT2D eigenvalue weighted by Crippen LogP contribution is 2.34. The van der Waals surface area contributed by atoms with E-state index in [9.17, 15) is 9.90 Å². The van der Waals surface area contributed by atoms with Crippen LogP contribution in [0.5, 0.6) is 0 Å². The van der Waals surface area contributed by atoms with Crippen molar-refractivity contribution in [2.75, 3.05) is 0 Å². The first-order valence-corrected chi connectivity index (χ1v) is 7.17. The van der Waals surface area contributed by atoms with Gasteiger partial charge in [0.15, 0.2) is 0 Å². The molecular formula is C18H10N2O3. The van der Waals surface area contributed by atoms with Gasteiger partial charge in [-0.25, -0.2) is 4.79 Å². The van der Waals surface area contributed by atoms with Crippen molar-refractivity contribution in [1.82, 2.24) is 9.97 Å². The quantitative estimate of drug-likeness (QED) is 0.452. The molecule has 0 atom stereocenters. The summed E-state index contributed by atoms with van der Waals surface area (Å²) in [6.45, 7) is 0. The summed E-state index contributed by atoms with van der Waals surface area (Å²) in [5.41, 5.74) is 3.33. The van der Waals surface area contributed by atoms with Crippen molar-refractivity contribution < 1.29 is 14.3 Å². The molecule has 3 heterocycles. The number of nitrogens with one attached hydrogen (secondary N) is 1. The van der Waals surface area contributed by atoms with Gasteiger partial charge < -0.3 is 14.5 Å². The molecule has 0 amide bonds. The van der Waals surface area contributed by atoms with Crippen LogP contribution in [0.3, 0.4) is 0 Å². The average molecular weight is 302 g/mol. The summed E-state index contributed by atoms with van der Waals surface area (Å²) in [5, 5.41) is 12.8. The number of benzene rings is 2. The van der Waals surface area contributed by atoms with Gasteiger partial charge in [0.25, 0.3) is 0 Å². The van der Waals surface area contributed by atoms with E-state index in [1.165, 1.54) is 6.20 Å². The summed E-state index contributed by atoms with van der Waals surface area (Å²) in [7, 11) is 0. The predicted octanol–water partition coefficient (Wildman–Crippen LogP) is 4.31. The highest BCUT2D eigenvalue weighted by Gasteiger charge is 2.15. The summed E-state index contributed by atoms with van der Waals surface area (Å²) in [6.07, 6.45) is 3.27. The first-order chi connectivity index (χ1) is 11.2. The van der Waals surface area contributed by atoms with E-state index >= 15 is 0 Å². The Hall–Kier alpha value is -3.34. The van der Waals surface area contributed by atoms with Crippen molar-refractivity contribution in [3.8, 4) is 0 Å². The van der Waals surface area contributed by atoms with Gasteiger partial charge in [0.1, 0.15) is 11.2 Å². The van der Waals surface area contributed by atoms with Gasteiger partial charge in [-0.2, -0.15) is 0 Å². The molecule has 0 spiro atoms. The lowest BCUT2D eigenvalue weighted by molar-refractivity contribution is 0.0699. The fourth-order valence-electron chi connectivity index (χ4n) is 3.22. The van der Waals surface area contributed by atoms with Gasteiger partial charge in [0.05, 0.1) is 11.1 Å². The largest absolute Gasteiger partial charge is 0.478 e. The number of H-pyrrole nitrogens is 1. The van der Waals surface area contributed by atoms with Crippen molar-refractivity contribution in [2.24, 2.45) is 0 Å². The minimum absolute atomic E-state index is 0.243. The van der Waals surface area contributed by atoms with E-state index in [0.717, 1.165) is 32.8 Å². The number of fused-ring (bicyclic) bond motifs is 6. The molecule has 5 nitrogen and oxygen atoms in total. The Kier molecular flexibility index (Phi) is 2.18. The van der Waals surface area contributed by atoms with E-state index in [0.29, 0.717) is 11.0 Å². The van der Waals surface area contributed by atoms with E-state index in [2.05, 4.69) is 9.97 Å². The van der Waals surface area contributed by atoms with E-state index < -0.39 is 5.97 Å². The molecule has 0 aliphatic heterocycles. The molecule has 0 saturated heterocycles. The van der Waals surface area contributed by atoms with Gasteiger partial charge >= 0.3 is 5.97 Å². The van der Waals surface area contributed by atoms with E-state index in [1.807, 2.05) is 36.4 Å². The standard InChI is InChI=1S/C18H10N2O3/c21-18(22)12-8-20-14-2-4-16-11(17(12)14)7-10-9-5-6-19-13(9)1-3-15(10)23-16/h1-8,20H,(H,21,22). The van der Waals surface area contributed by atoms with Crippen LogP contribution in [0.1, 0.15) is 10.4 Å². The zero-order valence-electron chi connectivity index (χ0n) is 11.8. The molecule has 0 saturated carbocycles. The fraction of sp³-hybridized carbons (Fsp3) is 0. The molecule has 0 fully saturated rings. The van der Waals surface area contributed by atoms with E-state index in [4.69, 9.17) is 4.42 Å². The van der Waals surface area contributed by atoms with Gasteiger partial charge in [-0.05, 0) is 36.4 Å². The first kappa shape index (κ1) is 12.2. The van der Waals surface area contributed by atoms with Crippen LogP contribution in [0.4, 0.5) is 0 Å². The number of nitrogens with zero attached hydrogens (tertiary/aromatic N) is 1. The molecule has 110 valence electrons. The monoisotopic (exact) mass is 302 g/mol. The normalized spacial score (nSPS) is 11.8. The number of hydrogen-bond donors (Lipinski definition) is 2. The van der Waals surface area contributed by atoms with Crippen molar-refractivity contribution in [1.29, 1.82) is 0 Å². The summed E-state index contributed by atoms with van der Waals surface area (Å²) in [6, 6.07) is 11.4. The summed E-state index contributed by atoms with van der Waals surface area (Å²) in [4.78, 5) is 18.8. The molecule has 5 rings (SSSR count). The highest BCUT2D eigenvalue weighted by molar-refractivity contribution is 6.18.